The minimum Gasteiger partial charge on any atom is -0.361 e. The second-order valence-corrected chi connectivity index (χ2v) is 10.4. The number of thiazole rings is 1. The van der Waals surface area contributed by atoms with Crippen LogP contribution in [0.4, 0.5) is 5.13 Å². The molecule has 2 aromatic carbocycles. The van der Waals surface area contributed by atoms with Crippen LogP contribution in [-0.4, -0.2) is 24.5 Å². The Morgan fingerprint density at radius 1 is 1.03 bits per heavy atom. The molecule has 0 fully saturated rings. The SMILES string of the molecule is CP.Cc1cc(C)cc(CC(C=O)CNc2nc(-c3ccc(Cl)c(Cl)c3)c(CC(C)C)s2)c1. The molecule has 33 heavy (non-hydrogen) atoms. The zero-order valence-corrected chi connectivity index (χ0v) is 23.4. The fraction of sp³-hybridized carbons (Fsp3) is 0.385. The molecule has 0 aliphatic rings. The third-order valence-corrected chi connectivity index (χ3v) is 6.75. The van der Waals surface area contributed by atoms with E-state index < -0.39 is 0 Å². The highest BCUT2D eigenvalue weighted by atomic mass is 35.5. The maximum atomic E-state index is 11.7. The lowest BCUT2D eigenvalue weighted by atomic mass is 9.97. The number of rotatable bonds is 9. The second-order valence-electron chi connectivity index (χ2n) is 8.49. The van der Waals surface area contributed by atoms with Crippen LogP contribution in [-0.2, 0) is 17.6 Å². The van der Waals surface area contributed by atoms with E-state index in [9.17, 15) is 4.79 Å². The molecule has 0 aliphatic heterocycles. The Morgan fingerprint density at radius 2 is 1.70 bits per heavy atom. The van der Waals surface area contributed by atoms with E-state index in [0.29, 0.717) is 28.9 Å². The van der Waals surface area contributed by atoms with E-state index in [-0.39, 0.29) is 5.92 Å². The van der Waals surface area contributed by atoms with Crippen LogP contribution in [0.5, 0.6) is 0 Å². The molecular weight excluding hydrogens is 490 g/mol. The van der Waals surface area contributed by atoms with Gasteiger partial charge in [0, 0.05) is 22.9 Å². The highest BCUT2D eigenvalue weighted by Crippen LogP contribution is 2.35. The van der Waals surface area contributed by atoms with E-state index in [1.165, 1.54) is 21.6 Å². The Morgan fingerprint density at radius 3 is 2.27 bits per heavy atom. The zero-order valence-electron chi connectivity index (χ0n) is 19.9. The zero-order chi connectivity index (χ0) is 24.5. The molecule has 0 radical (unpaired) electrons. The fourth-order valence-electron chi connectivity index (χ4n) is 3.68. The highest BCUT2D eigenvalue weighted by Gasteiger charge is 2.17. The standard InChI is InChI=1S/C25H28Cl2N2OS.CH5P/c1-15(2)7-23-24(20-5-6-21(26)22(27)12-20)29-25(31-23)28-13-19(14-30)11-18-9-16(3)8-17(4)10-18;1-2/h5-6,8-10,12,14-15,19H,7,11,13H2,1-4H3,(H,28,29);2H2,1H3. The quantitative estimate of drug-likeness (QED) is 0.229. The maximum Gasteiger partial charge on any atom is 0.183 e. The number of halogens is 2. The maximum absolute atomic E-state index is 11.7. The summed E-state index contributed by atoms with van der Waals surface area (Å²) in [6.07, 6.45) is 2.67. The number of anilines is 1. The molecule has 0 saturated carbocycles. The predicted octanol–water partition coefficient (Wildman–Crippen LogP) is 7.89. The summed E-state index contributed by atoms with van der Waals surface area (Å²) in [5, 5.41) is 5.27. The van der Waals surface area contributed by atoms with Gasteiger partial charge in [-0.1, -0.05) is 79.1 Å². The molecule has 3 nitrogen and oxygen atoms in total. The van der Waals surface area contributed by atoms with E-state index >= 15 is 0 Å². The van der Waals surface area contributed by atoms with Crippen molar-refractivity contribution in [2.24, 2.45) is 11.8 Å². The van der Waals surface area contributed by atoms with Crippen molar-refractivity contribution < 1.29 is 4.79 Å². The summed E-state index contributed by atoms with van der Waals surface area (Å²) in [7, 11) is 2.42. The molecule has 0 aliphatic carbocycles. The molecule has 178 valence electrons. The molecule has 2 unspecified atom stereocenters. The smallest absolute Gasteiger partial charge is 0.183 e. The number of aromatic nitrogens is 1. The Labute approximate surface area is 214 Å². The molecule has 1 N–H and O–H groups in total. The molecule has 1 heterocycles. The van der Waals surface area contributed by atoms with Crippen molar-refractivity contribution in [1.82, 2.24) is 4.98 Å². The van der Waals surface area contributed by atoms with Gasteiger partial charge in [0.2, 0.25) is 0 Å². The number of carbonyl (C=O) groups excluding carboxylic acids is 1. The lowest BCUT2D eigenvalue weighted by molar-refractivity contribution is -0.110. The topological polar surface area (TPSA) is 42.0 Å². The van der Waals surface area contributed by atoms with Gasteiger partial charge < -0.3 is 10.1 Å². The van der Waals surface area contributed by atoms with Crippen molar-refractivity contribution in [3.8, 4) is 11.3 Å². The minimum atomic E-state index is -0.118. The van der Waals surface area contributed by atoms with Crippen LogP contribution in [0.25, 0.3) is 11.3 Å². The number of benzene rings is 2. The molecule has 1 aromatic heterocycles. The molecule has 0 spiro atoms. The Balaban J connectivity index is 0.00000187. The first kappa shape index (κ1) is 27.8. The molecule has 0 bridgehead atoms. The first-order valence-corrected chi connectivity index (χ1v) is 13.8. The van der Waals surface area contributed by atoms with Gasteiger partial charge >= 0.3 is 0 Å². The van der Waals surface area contributed by atoms with Crippen molar-refractivity contribution in [3.63, 3.8) is 0 Å². The summed E-state index contributed by atoms with van der Waals surface area (Å²) in [5.74, 6) is 0.384. The highest BCUT2D eigenvalue weighted by molar-refractivity contribution is 7.16. The van der Waals surface area contributed by atoms with Crippen LogP contribution in [0, 0.1) is 25.7 Å². The summed E-state index contributed by atoms with van der Waals surface area (Å²) in [6, 6.07) is 12.1. The van der Waals surface area contributed by atoms with Crippen LogP contribution in [0.3, 0.4) is 0 Å². The van der Waals surface area contributed by atoms with E-state index in [1.54, 1.807) is 17.4 Å². The van der Waals surface area contributed by atoms with Gasteiger partial charge in [0.25, 0.3) is 0 Å². The van der Waals surface area contributed by atoms with Gasteiger partial charge in [-0.05, 0) is 50.3 Å². The van der Waals surface area contributed by atoms with Crippen molar-refractivity contribution >= 4 is 55.2 Å². The first-order chi connectivity index (χ1) is 15.7. The number of hydrogen-bond acceptors (Lipinski definition) is 4. The van der Waals surface area contributed by atoms with Gasteiger partial charge in [-0.3, -0.25) is 0 Å². The van der Waals surface area contributed by atoms with Crippen LogP contribution < -0.4 is 5.32 Å². The Kier molecular flexibility index (Phi) is 11.3. The van der Waals surface area contributed by atoms with Crippen LogP contribution in [0.1, 0.15) is 35.4 Å². The van der Waals surface area contributed by atoms with Gasteiger partial charge in [0.05, 0.1) is 15.7 Å². The average Bonchev–Trinajstić information content (AvgIpc) is 3.15. The lowest BCUT2D eigenvalue weighted by Gasteiger charge is -2.12. The van der Waals surface area contributed by atoms with Crippen LogP contribution in [0.15, 0.2) is 36.4 Å². The third-order valence-electron chi connectivity index (χ3n) is 4.97. The molecule has 3 rings (SSSR count). The van der Waals surface area contributed by atoms with Crippen molar-refractivity contribution in [3.05, 3.63) is 68.0 Å². The lowest BCUT2D eigenvalue weighted by Crippen LogP contribution is -2.18. The molecule has 0 amide bonds. The molecular formula is C26H33Cl2N2OPS. The summed E-state index contributed by atoms with van der Waals surface area (Å²) in [6.45, 7) is 11.0. The summed E-state index contributed by atoms with van der Waals surface area (Å²) in [5.41, 5.74) is 5.51. The minimum absolute atomic E-state index is 0.118. The Bertz CT molecular complexity index is 1050. The van der Waals surface area contributed by atoms with Gasteiger partial charge in [-0.15, -0.1) is 20.6 Å². The second kappa shape index (κ2) is 13.4. The normalized spacial score (nSPS) is 11.7. The van der Waals surface area contributed by atoms with E-state index in [4.69, 9.17) is 28.2 Å². The van der Waals surface area contributed by atoms with Crippen molar-refractivity contribution in [1.29, 1.82) is 0 Å². The van der Waals surface area contributed by atoms with Gasteiger partial charge in [0.15, 0.2) is 5.13 Å². The monoisotopic (exact) mass is 522 g/mol. The molecule has 2 atom stereocenters. The molecule has 7 heteroatoms. The number of hydrogen-bond donors (Lipinski definition) is 1. The largest absolute Gasteiger partial charge is 0.361 e. The van der Waals surface area contributed by atoms with Gasteiger partial charge in [0.1, 0.15) is 6.29 Å². The van der Waals surface area contributed by atoms with Crippen molar-refractivity contribution in [2.45, 2.75) is 40.5 Å². The van der Waals surface area contributed by atoms with Crippen molar-refractivity contribution in [2.75, 3.05) is 18.5 Å². The van der Waals surface area contributed by atoms with Gasteiger partial charge in [-0.25, -0.2) is 4.98 Å². The number of carbonyl (C=O) groups is 1. The molecule has 3 aromatic rings. The number of aldehydes is 1. The summed E-state index contributed by atoms with van der Waals surface area (Å²) >= 11 is 14.0. The summed E-state index contributed by atoms with van der Waals surface area (Å²) in [4.78, 5) is 17.8. The predicted molar refractivity (Wildman–Crippen MR) is 149 cm³/mol. The summed E-state index contributed by atoms with van der Waals surface area (Å²) < 4.78 is 0. The van der Waals surface area contributed by atoms with E-state index in [1.807, 2.05) is 18.8 Å². The number of aryl methyl sites for hydroxylation is 2. The van der Waals surface area contributed by atoms with Gasteiger partial charge in [-0.2, -0.15) is 0 Å². The molecule has 0 saturated heterocycles. The average molecular weight is 524 g/mol. The first-order valence-electron chi connectivity index (χ1n) is 11.0. The third kappa shape index (κ3) is 8.37. The fourth-order valence-corrected chi connectivity index (χ4v) is 5.18. The van der Waals surface area contributed by atoms with E-state index in [2.05, 4.69) is 60.5 Å². The number of nitrogens with zero attached hydrogens (tertiary/aromatic N) is 1. The van der Waals surface area contributed by atoms with Crippen LogP contribution in [0.2, 0.25) is 10.0 Å². The number of nitrogens with one attached hydrogen (secondary N) is 1. The van der Waals surface area contributed by atoms with E-state index in [0.717, 1.165) is 29.1 Å². The van der Waals surface area contributed by atoms with Crippen LogP contribution >= 0.6 is 43.8 Å². The Hall–Kier alpha value is -1.45.